The minimum atomic E-state index is 0.755. The van der Waals surface area contributed by atoms with Crippen LogP contribution in [0.1, 0.15) is 13.8 Å². The van der Waals surface area contributed by atoms with Gasteiger partial charge in [0.15, 0.2) is 18.1 Å². The fraction of sp³-hybridized carbons (Fsp3) is 0.222. The molecule has 0 bridgehead atoms. The first-order chi connectivity index (χ1) is 5.63. The smallest absolute Gasteiger partial charge is 0.197 e. The molecule has 1 aromatic rings. The van der Waals surface area contributed by atoms with Crippen LogP contribution in [0.2, 0.25) is 0 Å². The Morgan fingerprint density at radius 2 is 2.25 bits per heavy atom. The number of aromatic nitrogens is 1. The number of hydrogen-bond acceptors (Lipinski definition) is 1. The van der Waals surface area contributed by atoms with Crippen molar-refractivity contribution in [2.24, 2.45) is 0 Å². The standard InChI is InChI=1S/C9H12BrN2/c1-3-7(2)12-5-8(10)4-9(11)6-12/h3-6H,11H2,1-2H3/q+1/b7-3+. The number of pyridine rings is 1. The first kappa shape index (κ1) is 9.26. The van der Waals surface area contributed by atoms with Crippen LogP contribution in [0, 0.1) is 0 Å². The van der Waals surface area contributed by atoms with E-state index in [4.69, 9.17) is 5.73 Å². The van der Waals surface area contributed by atoms with Crippen molar-refractivity contribution in [3.8, 4) is 0 Å². The largest absolute Gasteiger partial charge is 0.394 e. The Kier molecular flexibility index (Phi) is 2.87. The second-order valence-corrected chi connectivity index (χ2v) is 3.54. The van der Waals surface area contributed by atoms with E-state index in [0.29, 0.717) is 0 Å². The minimum Gasteiger partial charge on any atom is -0.394 e. The lowest BCUT2D eigenvalue weighted by molar-refractivity contribution is -0.581. The van der Waals surface area contributed by atoms with Gasteiger partial charge in [-0.15, -0.1) is 0 Å². The van der Waals surface area contributed by atoms with Crippen LogP contribution in [-0.2, 0) is 0 Å². The summed E-state index contributed by atoms with van der Waals surface area (Å²) in [4.78, 5) is 0. The fourth-order valence-electron chi connectivity index (χ4n) is 0.917. The maximum atomic E-state index is 5.67. The van der Waals surface area contributed by atoms with E-state index in [1.54, 1.807) is 0 Å². The zero-order valence-corrected chi connectivity index (χ0v) is 8.80. The van der Waals surface area contributed by atoms with Crippen LogP contribution < -0.4 is 10.3 Å². The molecule has 0 radical (unpaired) electrons. The van der Waals surface area contributed by atoms with Gasteiger partial charge in [0.05, 0.1) is 10.2 Å². The van der Waals surface area contributed by atoms with Gasteiger partial charge in [0.25, 0.3) is 0 Å². The molecule has 1 aromatic heterocycles. The molecule has 0 aliphatic rings. The third-order valence-corrected chi connectivity index (χ3v) is 2.11. The van der Waals surface area contributed by atoms with E-state index in [1.165, 1.54) is 0 Å². The second-order valence-electron chi connectivity index (χ2n) is 2.62. The summed E-state index contributed by atoms with van der Waals surface area (Å²) in [5.41, 5.74) is 7.58. The zero-order chi connectivity index (χ0) is 9.14. The molecule has 0 spiro atoms. The van der Waals surface area contributed by atoms with E-state index < -0.39 is 0 Å². The Hall–Kier alpha value is -0.830. The minimum absolute atomic E-state index is 0.755. The van der Waals surface area contributed by atoms with Crippen LogP contribution in [-0.4, -0.2) is 0 Å². The molecule has 64 valence electrons. The molecule has 1 rings (SSSR count). The average molecular weight is 228 g/mol. The van der Waals surface area contributed by atoms with E-state index in [-0.39, 0.29) is 0 Å². The van der Waals surface area contributed by atoms with E-state index in [2.05, 4.69) is 15.9 Å². The van der Waals surface area contributed by atoms with Crippen LogP contribution >= 0.6 is 15.9 Å². The molecular formula is C9H12BrN2+. The van der Waals surface area contributed by atoms with Crippen molar-refractivity contribution in [3.63, 3.8) is 0 Å². The number of hydrogen-bond donors (Lipinski definition) is 1. The van der Waals surface area contributed by atoms with Gasteiger partial charge in [-0.05, 0) is 35.0 Å². The molecule has 3 heteroatoms. The van der Waals surface area contributed by atoms with Gasteiger partial charge < -0.3 is 5.73 Å². The average Bonchev–Trinajstić information content (AvgIpc) is 2.01. The van der Waals surface area contributed by atoms with Crippen molar-refractivity contribution in [1.29, 1.82) is 0 Å². The third-order valence-electron chi connectivity index (χ3n) is 1.68. The molecule has 0 unspecified atom stereocenters. The Bertz CT molecular complexity index is 298. The van der Waals surface area contributed by atoms with Crippen LogP contribution in [0.15, 0.2) is 29.0 Å². The van der Waals surface area contributed by atoms with Crippen LogP contribution in [0.4, 0.5) is 5.69 Å². The molecule has 0 aliphatic heterocycles. The number of rotatable bonds is 1. The lowest BCUT2D eigenvalue weighted by Crippen LogP contribution is -2.30. The zero-order valence-electron chi connectivity index (χ0n) is 7.21. The topological polar surface area (TPSA) is 29.9 Å². The van der Waals surface area contributed by atoms with Crippen molar-refractivity contribution in [1.82, 2.24) is 0 Å². The van der Waals surface area contributed by atoms with E-state index in [0.717, 1.165) is 15.9 Å². The molecule has 12 heavy (non-hydrogen) atoms. The molecule has 0 atom stereocenters. The molecule has 0 fully saturated rings. The lowest BCUT2D eigenvalue weighted by atomic mass is 10.4. The van der Waals surface area contributed by atoms with Gasteiger partial charge in [0, 0.05) is 6.92 Å². The highest BCUT2D eigenvalue weighted by molar-refractivity contribution is 9.10. The molecule has 2 N–H and O–H groups in total. The molecule has 0 amide bonds. The Labute approximate surface area is 80.8 Å². The van der Waals surface area contributed by atoms with Crippen molar-refractivity contribution in [2.45, 2.75) is 13.8 Å². The third kappa shape index (κ3) is 2.08. The van der Waals surface area contributed by atoms with Crippen molar-refractivity contribution in [3.05, 3.63) is 29.0 Å². The summed E-state index contributed by atoms with van der Waals surface area (Å²) in [6.45, 7) is 4.03. The SMILES string of the molecule is C/C=C(\C)[n+]1cc(N)cc(Br)c1. The molecule has 0 saturated carbocycles. The molecule has 1 heterocycles. The van der Waals surface area contributed by atoms with Crippen molar-refractivity contribution in [2.75, 3.05) is 5.73 Å². The van der Waals surface area contributed by atoms with Gasteiger partial charge in [-0.1, -0.05) is 0 Å². The number of allylic oxidation sites excluding steroid dienone is 2. The maximum Gasteiger partial charge on any atom is 0.197 e. The predicted molar refractivity (Wildman–Crippen MR) is 54.4 cm³/mol. The van der Waals surface area contributed by atoms with E-state index in [1.807, 2.05) is 43.0 Å². The van der Waals surface area contributed by atoms with E-state index in [9.17, 15) is 0 Å². The van der Waals surface area contributed by atoms with Crippen LogP contribution in [0.3, 0.4) is 0 Å². The summed E-state index contributed by atoms with van der Waals surface area (Å²) in [6, 6.07) is 1.87. The molecule has 0 aromatic carbocycles. The van der Waals surface area contributed by atoms with Crippen LogP contribution in [0.25, 0.3) is 5.70 Å². The monoisotopic (exact) mass is 227 g/mol. The summed E-state index contributed by atoms with van der Waals surface area (Å²) in [5.74, 6) is 0. The van der Waals surface area contributed by atoms with E-state index >= 15 is 0 Å². The molecule has 0 aliphatic carbocycles. The summed E-state index contributed by atoms with van der Waals surface area (Å²) in [6.07, 6.45) is 5.90. The maximum absolute atomic E-state index is 5.67. The number of nitrogens with zero attached hydrogens (tertiary/aromatic N) is 1. The first-order valence-electron chi connectivity index (χ1n) is 3.74. The van der Waals surface area contributed by atoms with Crippen molar-refractivity contribution < 1.29 is 4.57 Å². The fourth-order valence-corrected chi connectivity index (χ4v) is 1.40. The van der Waals surface area contributed by atoms with Crippen molar-refractivity contribution >= 4 is 27.3 Å². The predicted octanol–water partition coefficient (Wildman–Crippen LogP) is 2.20. The highest BCUT2D eigenvalue weighted by Crippen LogP contribution is 2.10. The number of nitrogens with two attached hydrogens (primary N) is 1. The summed E-state index contributed by atoms with van der Waals surface area (Å²) in [5, 5.41) is 0. The quantitative estimate of drug-likeness (QED) is 0.733. The summed E-state index contributed by atoms with van der Waals surface area (Å²) >= 11 is 3.38. The number of halogens is 1. The highest BCUT2D eigenvalue weighted by atomic mass is 79.9. The molecule has 0 saturated heterocycles. The Morgan fingerprint density at radius 1 is 1.58 bits per heavy atom. The summed E-state index contributed by atoms with van der Waals surface area (Å²) in [7, 11) is 0. The Morgan fingerprint density at radius 3 is 2.75 bits per heavy atom. The second kappa shape index (κ2) is 3.72. The molecular weight excluding hydrogens is 216 g/mol. The molecule has 2 nitrogen and oxygen atoms in total. The normalized spacial score (nSPS) is 11.8. The van der Waals surface area contributed by atoms with Gasteiger partial charge in [-0.3, -0.25) is 0 Å². The van der Waals surface area contributed by atoms with Gasteiger partial charge >= 0.3 is 0 Å². The van der Waals surface area contributed by atoms with Gasteiger partial charge in [-0.2, -0.15) is 4.57 Å². The van der Waals surface area contributed by atoms with Gasteiger partial charge in [0.2, 0.25) is 0 Å². The number of nitrogen functional groups attached to an aromatic ring is 1. The lowest BCUT2D eigenvalue weighted by Gasteiger charge is -1.96. The first-order valence-corrected chi connectivity index (χ1v) is 4.53. The van der Waals surface area contributed by atoms with Crippen LogP contribution in [0.5, 0.6) is 0 Å². The highest BCUT2D eigenvalue weighted by Gasteiger charge is 2.05. The Balaban J connectivity index is 3.17. The van der Waals surface area contributed by atoms with Gasteiger partial charge in [0.1, 0.15) is 0 Å². The van der Waals surface area contributed by atoms with Gasteiger partial charge in [-0.25, -0.2) is 0 Å². The summed E-state index contributed by atoms with van der Waals surface area (Å²) < 4.78 is 2.98. The number of anilines is 1.